The molecule has 0 bridgehead atoms. The first-order valence-corrected chi connectivity index (χ1v) is 25.8. The molecule has 67 heavy (non-hydrogen) atoms. The van der Waals surface area contributed by atoms with Crippen molar-refractivity contribution in [2.75, 3.05) is 30.6 Å². The van der Waals surface area contributed by atoms with Crippen LogP contribution in [-0.2, 0) is 28.2 Å². The molecular weight excluding hydrogens is 859 g/mol. The number of nitrogens with zero attached hydrogens (tertiary/aromatic N) is 5. The van der Waals surface area contributed by atoms with E-state index < -0.39 is 13.7 Å². The largest absolute Gasteiger partial charge is 0.497 e. The molecule has 0 saturated carbocycles. The van der Waals surface area contributed by atoms with Gasteiger partial charge in [0.2, 0.25) is 0 Å². The molecule has 4 heterocycles. The number of hydrogen-bond acceptors (Lipinski definition) is 9. The van der Waals surface area contributed by atoms with Crippen LogP contribution in [0.3, 0.4) is 0 Å². The van der Waals surface area contributed by atoms with E-state index in [0.29, 0.717) is 52.8 Å². The van der Waals surface area contributed by atoms with Crippen LogP contribution < -0.4 is 29.2 Å². The summed E-state index contributed by atoms with van der Waals surface area (Å²) in [6.07, 6.45) is 2.15. The van der Waals surface area contributed by atoms with Crippen molar-refractivity contribution in [1.29, 1.82) is 0 Å². The first-order valence-electron chi connectivity index (χ1n) is 22.7. The van der Waals surface area contributed by atoms with Crippen molar-refractivity contribution >= 4 is 42.1 Å². The number of aliphatic hydroxyl groups is 1. The monoisotopic (exact) mass is 911 g/mol. The highest BCUT2D eigenvalue weighted by Crippen LogP contribution is 2.60. The van der Waals surface area contributed by atoms with Crippen LogP contribution in [0, 0.1) is 5.92 Å². The topological polar surface area (TPSA) is 128 Å². The number of benzene rings is 6. The Labute approximate surface area is 391 Å². The number of aryl methyl sites for hydroxylation is 1. The van der Waals surface area contributed by atoms with Gasteiger partial charge in [-0.15, -0.1) is 5.10 Å². The summed E-state index contributed by atoms with van der Waals surface area (Å²) in [6.45, 7) is 7.59. The van der Waals surface area contributed by atoms with Crippen molar-refractivity contribution in [3.05, 3.63) is 180 Å². The van der Waals surface area contributed by atoms with E-state index in [9.17, 15) is 9.90 Å². The Kier molecular flexibility index (Phi) is 11.5. The number of hydrogen-bond donors (Lipinski definition) is 1. The maximum Gasteiger partial charge on any atom is 0.266 e. The summed E-state index contributed by atoms with van der Waals surface area (Å²) in [6, 6.07) is 46.6. The number of methoxy groups -OCH3 is 2. The van der Waals surface area contributed by atoms with Crippen LogP contribution in [-0.4, -0.2) is 66.9 Å². The van der Waals surface area contributed by atoms with Gasteiger partial charge in [0.25, 0.3) is 11.8 Å². The molecule has 1 aromatic heterocycles. The normalized spacial score (nSPS) is 20.2. The summed E-state index contributed by atoms with van der Waals surface area (Å²) in [5.41, 5.74) is 4.55. The second-order valence-corrected chi connectivity index (χ2v) is 22.8. The van der Waals surface area contributed by atoms with E-state index in [1.165, 1.54) is 5.19 Å². The molecule has 3 aliphatic rings. The minimum Gasteiger partial charge on any atom is -0.497 e. The van der Waals surface area contributed by atoms with Gasteiger partial charge in [-0.25, -0.2) is 0 Å². The number of fused-ring (bicyclic) bond motifs is 4. The number of rotatable bonds is 13. The van der Waals surface area contributed by atoms with Crippen LogP contribution >= 0.6 is 0 Å². The molecule has 5 atom stereocenters. The summed E-state index contributed by atoms with van der Waals surface area (Å²) in [4.78, 5) is 33.4. The predicted molar refractivity (Wildman–Crippen MR) is 260 cm³/mol. The molecule has 1 N–H and O–H groups in total. The van der Waals surface area contributed by atoms with Gasteiger partial charge in [0, 0.05) is 29.9 Å². The second kappa shape index (κ2) is 17.6. The standard InChI is InChI=1S/C54H53N5O7Si/c1-35-51(67(4,5)41-26-23-39(63-2)24-27-41)50(29-30-57-33-45(55-56-57)43(34-60)37-13-7-6-8-14-37)66-54(35)44-31-40(64-3)25-28-46(44)58(53(54)62)32-36-19-21-38(22-20-36)59-47-16-10-12-18-49(47)65-48-17-11-9-15-42(48)52(59)61/h6-28,31,33,35,43,50-51,60H,29-30,32,34H2,1-5H3/t35-,43?,50+,51-,54+/m1/s1. The zero-order valence-electron chi connectivity index (χ0n) is 38.2. The van der Waals surface area contributed by atoms with Gasteiger partial charge in [0.15, 0.2) is 11.4 Å². The number of aliphatic hydroxyl groups excluding tert-OH is 1. The average Bonchev–Trinajstić information content (AvgIpc) is 3.99. The molecular formula is C54H53N5O7Si. The SMILES string of the molecule is COc1ccc([Si](C)(C)[C@H]2[C@H](CCn3cc(C(CO)c4ccccc4)nn3)O[C@@]3(C(=O)N(Cc4ccc(N5C(=O)c6ccccc6Oc6ccccc65)cc4)c4ccc(OC)cc43)[C@@H]2C)cc1. The van der Waals surface area contributed by atoms with Crippen LogP contribution in [0.4, 0.5) is 17.1 Å². The maximum absolute atomic E-state index is 15.6. The van der Waals surface area contributed by atoms with Crippen LogP contribution in [0.5, 0.6) is 23.0 Å². The third-order valence-electron chi connectivity index (χ3n) is 14.2. The van der Waals surface area contributed by atoms with Gasteiger partial charge < -0.3 is 29.0 Å². The smallest absolute Gasteiger partial charge is 0.266 e. The molecule has 340 valence electrons. The minimum atomic E-state index is -2.45. The lowest BCUT2D eigenvalue weighted by Crippen LogP contribution is -2.51. The number of carbonyl (C=O) groups is 2. The summed E-state index contributed by atoms with van der Waals surface area (Å²) >= 11 is 0. The highest BCUT2D eigenvalue weighted by Gasteiger charge is 2.66. The van der Waals surface area contributed by atoms with Gasteiger partial charge in [0.05, 0.1) is 70.1 Å². The van der Waals surface area contributed by atoms with Crippen molar-refractivity contribution in [1.82, 2.24) is 15.0 Å². The van der Waals surface area contributed by atoms with Gasteiger partial charge in [-0.2, -0.15) is 0 Å². The molecule has 7 aromatic rings. The Hall–Kier alpha value is -7.06. The van der Waals surface area contributed by atoms with E-state index in [1.807, 2.05) is 137 Å². The first-order chi connectivity index (χ1) is 32.5. The third-order valence-corrected chi connectivity index (χ3v) is 18.5. The molecule has 2 amide bonds. The molecule has 10 rings (SSSR count). The van der Waals surface area contributed by atoms with E-state index in [-0.39, 0.29) is 48.4 Å². The van der Waals surface area contributed by atoms with E-state index in [4.69, 9.17) is 18.9 Å². The van der Waals surface area contributed by atoms with Crippen LogP contribution in [0.1, 0.15) is 52.0 Å². The summed E-state index contributed by atoms with van der Waals surface area (Å²) in [5.74, 6) is 1.64. The molecule has 1 fully saturated rings. The molecule has 3 aliphatic heterocycles. The van der Waals surface area contributed by atoms with Crippen molar-refractivity contribution in [2.24, 2.45) is 5.92 Å². The van der Waals surface area contributed by atoms with E-state index in [1.54, 1.807) is 31.3 Å². The van der Waals surface area contributed by atoms with Gasteiger partial charge in [-0.3, -0.25) is 19.2 Å². The average molecular weight is 912 g/mol. The Morgan fingerprint density at radius 2 is 1.48 bits per heavy atom. The zero-order valence-corrected chi connectivity index (χ0v) is 39.2. The molecule has 6 aromatic carbocycles. The highest BCUT2D eigenvalue weighted by atomic mass is 28.3. The Morgan fingerprint density at radius 3 is 2.21 bits per heavy atom. The minimum absolute atomic E-state index is 0.0104. The van der Waals surface area contributed by atoms with Crippen molar-refractivity contribution < 1.29 is 33.6 Å². The predicted octanol–water partition coefficient (Wildman–Crippen LogP) is 9.36. The summed E-state index contributed by atoms with van der Waals surface area (Å²) in [7, 11) is 0.856. The fourth-order valence-corrected chi connectivity index (χ4v) is 14.8. The lowest BCUT2D eigenvalue weighted by atomic mass is 9.82. The van der Waals surface area contributed by atoms with Crippen molar-refractivity contribution in [2.45, 2.75) is 62.7 Å². The van der Waals surface area contributed by atoms with Crippen molar-refractivity contribution in [3.63, 3.8) is 0 Å². The fraction of sp³-hybridized carbons (Fsp3) is 0.259. The number of carbonyl (C=O) groups excluding carboxylic acids is 2. The van der Waals surface area contributed by atoms with Crippen LogP contribution in [0.15, 0.2) is 152 Å². The highest BCUT2D eigenvalue weighted by molar-refractivity contribution is 6.91. The van der Waals surface area contributed by atoms with E-state index in [0.717, 1.165) is 28.1 Å². The van der Waals surface area contributed by atoms with Gasteiger partial charge in [0.1, 0.15) is 17.2 Å². The molecule has 1 unspecified atom stereocenters. The van der Waals surface area contributed by atoms with Crippen LogP contribution in [0.2, 0.25) is 18.6 Å². The maximum atomic E-state index is 15.6. The molecule has 0 aliphatic carbocycles. The van der Waals surface area contributed by atoms with Gasteiger partial charge in [-0.1, -0.05) is 109 Å². The quantitative estimate of drug-likeness (QED) is 0.113. The number of amides is 2. The van der Waals surface area contributed by atoms with Crippen LogP contribution in [0.25, 0.3) is 0 Å². The number of anilines is 3. The number of aromatic nitrogens is 3. The third kappa shape index (κ3) is 7.56. The van der Waals surface area contributed by atoms with Crippen molar-refractivity contribution in [3.8, 4) is 23.0 Å². The van der Waals surface area contributed by atoms with Gasteiger partial charge >= 0.3 is 0 Å². The Bertz CT molecular complexity index is 2940. The Balaban J connectivity index is 0.986. The number of para-hydroxylation sites is 3. The van der Waals surface area contributed by atoms with E-state index in [2.05, 4.69) is 42.5 Å². The summed E-state index contributed by atoms with van der Waals surface area (Å²) < 4.78 is 26.9. The Morgan fingerprint density at radius 1 is 0.791 bits per heavy atom. The van der Waals surface area contributed by atoms with Gasteiger partial charge in [-0.05, 0) is 89.8 Å². The van der Waals surface area contributed by atoms with E-state index >= 15 is 4.79 Å². The molecule has 1 spiro atoms. The number of ether oxygens (including phenoxy) is 4. The molecule has 12 nitrogen and oxygen atoms in total. The molecule has 1 saturated heterocycles. The lowest BCUT2D eigenvalue weighted by Gasteiger charge is -2.37. The second-order valence-electron chi connectivity index (χ2n) is 18.1. The summed E-state index contributed by atoms with van der Waals surface area (Å²) in [5, 5.41) is 20.7. The first kappa shape index (κ1) is 43.8. The fourth-order valence-electron chi connectivity index (χ4n) is 10.7. The zero-order chi connectivity index (χ0) is 46.5. The molecule has 13 heteroatoms. The lowest BCUT2D eigenvalue weighted by molar-refractivity contribution is -0.146. The molecule has 0 radical (unpaired) electrons.